The molecule has 174 valence electrons. The van der Waals surface area contributed by atoms with Gasteiger partial charge in [-0.3, -0.25) is 14.6 Å². The Hall–Kier alpha value is -3.51. The maximum absolute atomic E-state index is 14.7. The molecule has 3 aromatic rings. The van der Waals surface area contributed by atoms with E-state index in [9.17, 15) is 14.0 Å². The second-order valence-electron chi connectivity index (χ2n) is 8.54. The van der Waals surface area contributed by atoms with Crippen LogP contribution in [0.1, 0.15) is 43.4 Å². The molecule has 0 spiro atoms. The number of nitrogens with zero attached hydrogens (tertiary/aromatic N) is 2. The average Bonchev–Trinajstić information content (AvgIpc) is 2.90. The molecule has 7 heteroatoms. The van der Waals surface area contributed by atoms with Crippen molar-refractivity contribution in [3.8, 4) is 0 Å². The van der Waals surface area contributed by atoms with E-state index in [-0.39, 0.29) is 23.9 Å². The molecule has 1 aliphatic heterocycles. The molecule has 1 N–H and O–H groups in total. The molecule has 3 aromatic carbocycles. The molecule has 0 saturated heterocycles. The van der Waals surface area contributed by atoms with Crippen molar-refractivity contribution >= 4 is 40.5 Å². The molecule has 1 heterocycles. The first-order valence-electron chi connectivity index (χ1n) is 11.1. The van der Waals surface area contributed by atoms with Crippen LogP contribution in [-0.2, 0) is 9.59 Å². The van der Waals surface area contributed by atoms with Gasteiger partial charge in [0.05, 0.1) is 11.4 Å². The molecule has 2 amide bonds. The minimum Gasteiger partial charge on any atom is -0.325 e. The lowest BCUT2D eigenvalue weighted by molar-refractivity contribution is -0.122. The van der Waals surface area contributed by atoms with Crippen LogP contribution in [0.2, 0.25) is 5.02 Å². The van der Waals surface area contributed by atoms with E-state index in [4.69, 9.17) is 11.6 Å². The lowest BCUT2D eigenvalue weighted by Crippen LogP contribution is -2.42. The smallest absolute Gasteiger partial charge is 0.252 e. The molecule has 4 rings (SSSR count). The summed E-state index contributed by atoms with van der Waals surface area (Å²) in [7, 11) is 0. The highest BCUT2D eigenvalue weighted by Gasteiger charge is 2.31. The van der Waals surface area contributed by atoms with Gasteiger partial charge in [0.2, 0.25) is 5.91 Å². The summed E-state index contributed by atoms with van der Waals surface area (Å²) < 4.78 is 14.7. The first-order valence-corrected chi connectivity index (χ1v) is 11.5. The molecule has 0 aromatic heterocycles. The normalized spacial score (nSPS) is 15.6. The van der Waals surface area contributed by atoms with E-state index >= 15 is 0 Å². The predicted molar refractivity (Wildman–Crippen MR) is 134 cm³/mol. The van der Waals surface area contributed by atoms with E-state index in [1.165, 1.54) is 11.0 Å². The number of halogens is 2. The number of benzene rings is 3. The Bertz CT molecular complexity index is 1270. The molecule has 0 bridgehead atoms. The van der Waals surface area contributed by atoms with Crippen LogP contribution in [0.15, 0.2) is 71.7 Å². The average molecular weight is 478 g/mol. The topological polar surface area (TPSA) is 61.8 Å². The Morgan fingerprint density at radius 2 is 1.79 bits per heavy atom. The molecule has 1 atom stereocenters. The summed E-state index contributed by atoms with van der Waals surface area (Å²) in [5.74, 6) is -0.788. The van der Waals surface area contributed by atoms with Crippen LogP contribution in [0.25, 0.3) is 0 Å². The van der Waals surface area contributed by atoms with Gasteiger partial charge in [-0.15, -0.1) is 0 Å². The highest BCUT2D eigenvalue weighted by Crippen LogP contribution is 2.31. The van der Waals surface area contributed by atoms with Crippen molar-refractivity contribution in [2.24, 2.45) is 4.99 Å². The lowest BCUT2D eigenvalue weighted by Gasteiger charge is -2.24. The van der Waals surface area contributed by atoms with Crippen LogP contribution in [0, 0.1) is 5.82 Å². The Labute approximate surface area is 203 Å². The van der Waals surface area contributed by atoms with Crippen molar-refractivity contribution in [1.29, 1.82) is 0 Å². The Kier molecular flexibility index (Phi) is 6.80. The van der Waals surface area contributed by atoms with Crippen LogP contribution in [-0.4, -0.2) is 30.1 Å². The zero-order valence-electron chi connectivity index (χ0n) is 19.2. The summed E-state index contributed by atoms with van der Waals surface area (Å²) >= 11 is 6.26. The summed E-state index contributed by atoms with van der Waals surface area (Å²) in [4.78, 5) is 32.1. The number of carbonyl (C=O) groups is 2. The number of fused-ring (bicyclic) bond motifs is 1. The van der Waals surface area contributed by atoms with Crippen molar-refractivity contribution in [3.63, 3.8) is 0 Å². The van der Waals surface area contributed by atoms with Crippen LogP contribution in [0.3, 0.4) is 0 Å². The predicted octanol–water partition coefficient (Wildman–Crippen LogP) is 5.81. The zero-order chi connectivity index (χ0) is 24.4. The van der Waals surface area contributed by atoms with Crippen LogP contribution < -0.4 is 10.2 Å². The largest absolute Gasteiger partial charge is 0.325 e. The number of amides is 2. The van der Waals surface area contributed by atoms with Gasteiger partial charge in [0, 0.05) is 21.8 Å². The van der Waals surface area contributed by atoms with E-state index < -0.39 is 11.9 Å². The SMILES string of the molecule is CC(C)c1ccc(NC(=O)CN2C(=O)[C@H](C)N=C(c3ccccc3F)c3cc(Cl)ccc32)cc1. The number of benzodiazepines with no additional fused rings is 1. The fraction of sp³-hybridized carbons (Fsp3) is 0.222. The van der Waals surface area contributed by atoms with Crippen LogP contribution >= 0.6 is 11.6 Å². The van der Waals surface area contributed by atoms with Gasteiger partial charge in [0.15, 0.2) is 0 Å². The van der Waals surface area contributed by atoms with Gasteiger partial charge < -0.3 is 10.2 Å². The van der Waals surface area contributed by atoms with E-state index in [2.05, 4.69) is 24.2 Å². The second kappa shape index (κ2) is 9.77. The van der Waals surface area contributed by atoms with Gasteiger partial charge in [0.25, 0.3) is 5.91 Å². The van der Waals surface area contributed by atoms with Crippen molar-refractivity contribution in [3.05, 3.63) is 94.3 Å². The number of rotatable bonds is 5. The summed E-state index contributed by atoms with van der Waals surface area (Å²) in [5.41, 5.74) is 3.34. The number of nitrogens with one attached hydrogen (secondary N) is 1. The third-order valence-electron chi connectivity index (χ3n) is 5.74. The molecular weight excluding hydrogens is 453 g/mol. The minimum atomic E-state index is -0.820. The summed E-state index contributed by atoms with van der Waals surface area (Å²) in [5, 5.41) is 3.27. The fourth-order valence-corrected chi connectivity index (χ4v) is 4.09. The first kappa shape index (κ1) is 23.6. The standard InChI is InChI=1S/C27H25ClFN3O2/c1-16(2)18-8-11-20(12-9-18)31-25(33)15-32-24-13-10-19(28)14-22(24)26(30-17(3)27(32)34)21-6-4-5-7-23(21)29/h4-14,16-17H,15H2,1-3H3,(H,31,33)/t17-/m0/s1. The Morgan fingerprint density at radius 1 is 1.09 bits per heavy atom. The molecule has 34 heavy (non-hydrogen) atoms. The quantitative estimate of drug-likeness (QED) is 0.503. The van der Waals surface area contributed by atoms with E-state index in [0.29, 0.717) is 33.6 Å². The van der Waals surface area contributed by atoms with E-state index in [1.807, 2.05) is 24.3 Å². The third kappa shape index (κ3) is 4.87. The highest BCUT2D eigenvalue weighted by molar-refractivity contribution is 6.32. The summed E-state index contributed by atoms with van der Waals surface area (Å²) in [6.07, 6.45) is 0. The van der Waals surface area contributed by atoms with Gasteiger partial charge >= 0.3 is 0 Å². The molecular formula is C27H25ClFN3O2. The molecule has 5 nitrogen and oxygen atoms in total. The second-order valence-corrected chi connectivity index (χ2v) is 8.98. The van der Waals surface area contributed by atoms with Gasteiger partial charge in [-0.1, -0.05) is 49.7 Å². The van der Waals surface area contributed by atoms with Gasteiger partial charge in [-0.25, -0.2) is 4.39 Å². The zero-order valence-corrected chi connectivity index (χ0v) is 19.9. The van der Waals surface area contributed by atoms with Gasteiger partial charge in [0.1, 0.15) is 18.4 Å². The molecule has 1 aliphatic rings. The van der Waals surface area contributed by atoms with E-state index in [0.717, 1.165) is 5.56 Å². The van der Waals surface area contributed by atoms with Crippen LogP contribution in [0.4, 0.5) is 15.8 Å². The number of hydrogen-bond donors (Lipinski definition) is 1. The number of aliphatic imine (C=N–C) groups is 1. The molecule has 0 fully saturated rings. The Morgan fingerprint density at radius 3 is 2.47 bits per heavy atom. The first-order chi connectivity index (χ1) is 16.2. The van der Waals surface area contributed by atoms with Gasteiger partial charge in [-0.2, -0.15) is 0 Å². The number of hydrogen-bond acceptors (Lipinski definition) is 3. The van der Waals surface area contributed by atoms with Crippen molar-refractivity contribution in [1.82, 2.24) is 0 Å². The highest BCUT2D eigenvalue weighted by atomic mass is 35.5. The Balaban J connectivity index is 1.68. The summed E-state index contributed by atoms with van der Waals surface area (Å²) in [6.45, 7) is 5.61. The molecule has 0 aliphatic carbocycles. The van der Waals surface area contributed by atoms with Crippen molar-refractivity contribution in [2.45, 2.75) is 32.7 Å². The van der Waals surface area contributed by atoms with E-state index in [1.54, 1.807) is 43.3 Å². The molecule has 0 saturated carbocycles. The van der Waals surface area contributed by atoms with Crippen molar-refractivity contribution < 1.29 is 14.0 Å². The lowest BCUT2D eigenvalue weighted by atomic mass is 9.99. The summed E-state index contributed by atoms with van der Waals surface area (Å²) in [6, 6.07) is 18.0. The fourth-order valence-electron chi connectivity index (χ4n) is 3.92. The van der Waals surface area contributed by atoms with Gasteiger partial charge in [-0.05, 0) is 60.9 Å². The maximum Gasteiger partial charge on any atom is 0.252 e. The molecule has 0 radical (unpaired) electrons. The van der Waals surface area contributed by atoms with Crippen LogP contribution in [0.5, 0.6) is 0 Å². The third-order valence-corrected chi connectivity index (χ3v) is 5.98. The minimum absolute atomic E-state index is 0.218. The van der Waals surface area contributed by atoms with Crippen molar-refractivity contribution in [2.75, 3.05) is 16.8 Å². The maximum atomic E-state index is 14.7. The number of anilines is 2. The monoisotopic (exact) mass is 477 g/mol. The molecule has 0 unspecified atom stereocenters. The number of carbonyl (C=O) groups excluding carboxylic acids is 2.